The van der Waals surface area contributed by atoms with Gasteiger partial charge in [0.2, 0.25) is 15.9 Å². The van der Waals surface area contributed by atoms with Crippen LogP contribution in [0.3, 0.4) is 0 Å². The molecule has 0 saturated heterocycles. The van der Waals surface area contributed by atoms with Gasteiger partial charge in [-0.2, -0.15) is 0 Å². The molecule has 0 aliphatic carbocycles. The summed E-state index contributed by atoms with van der Waals surface area (Å²) in [7, 11) is -1.87. The van der Waals surface area contributed by atoms with Crippen molar-refractivity contribution in [2.24, 2.45) is 0 Å². The average Bonchev–Trinajstić information content (AvgIpc) is 2.45. The molecule has 1 aromatic carbocycles. The number of hydrogen-bond acceptors (Lipinski definition) is 4. The number of benzene rings is 1. The fourth-order valence-electron chi connectivity index (χ4n) is 2.35. The largest absolute Gasteiger partial charge is 0.497 e. The van der Waals surface area contributed by atoms with Crippen molar-refractivity contribution in [1.29, 1.82) is 0 Å². The Balaban J connectivity index is 2.85. The Morgan fingerprint density at radius 1 is 1.26 bits per heavy atom. The van der Waals surface area contributed by atoms with Crippen molar-refractivity contribution >= 4 is 15.9 Å². The normalized spacial score (nSPS) is 14.1. The molecule has 1 aromatic rings. The summed E-state index contributed by atoms with van der Waals surface area (Å²) in [6, 6.07) is 6.45. The number of ether oxygens (including phenoxy) is 1. The summed E-state index contributed by atoms with van der Waals surface area (Å²) >= 11 is 0. The molecule has 2 N–H and O–H groups in total. The summed E-state index contributed by atoms with van der Waals surface area (Å²) in [6.45, 7) is 3.99. The third kappa shape index (κ3) is 7.47. The SMILES string of the molecule is CCC[C@@H](C)NC(=O)C[C@H](NS(C)(=O)=O)c1ccc(OC)cc1. The Labute approximate surface area is 138 Å². The summed E-state index contributed by atoms with van der Waals surface area (Å²) < 4.78 is 30.8. The second kappa shape index (κ2) is 8.88. The number of hydrogen-bond donors (Lipinski definition) is 2. The average molecular weight is 342 g/mol. The first-order valence-corrected chi connectivity index (χ1v) is 9.55. The predicted octanol–water partition coefficient (Wildman–Crippen LogP) is 1.98. The van der Waals surface area contributed by atoms with Gasteiger partial charge in [-0.05, 0) is 31.0 Å². The lowest BCUT2D eigenvalue weighted by molar-refractivity contribution is -0.122. The van der Waals surface area contributed by atoms with Gasteiger partial charge in [0.1, 0.15) is 5.75 Å². The lowest BCUT2D eigenvalue weighted by Crippen LogP contribution is -2.36. The van der Waals surface area contributed by atoms with Gasteiger partial charge in [0.25, 0.3) is 0 Å². The van der Waals surface area contributed by atoms with E-state index in [-0.39, 0.29) is 18.4 Å². The molecular weight excluding hydrogens is 316 g/mol. The monoisotopic (exact) mass is 342 g/mol. The van der Waals surface area contributed by atoms with E-state index in [1.54, 1.807) is 31.4 Å². The smallest absolute Gasteiger partial charge is 0.222 e. The molecule has 130 valence electrons. The Kier molecular flexibility index (Phi) is 7.51. The van der Waals surface area contributed by atoms with E-state index in [0.717, 1.165) is 24.7 Å². The fraction of sp³-hybridized carbons (Fsp3) is 0.562. The molecule has 0 heterocycles. The van der Waals surface area contributed by atoms with Crippen molar-refractivity contribution in [2.45, 2.75) is 45.2 Å². The van der Waals surface area contributed by atoms with Crippen LogP contribution in [0.5, 0.6) is 5.75 Å². The Morgan fingerprint density at radius 3 is 2.35 bits per heavy atom. The minimum absolute atomic E-state index is 0.0491. The molecule has 2 atom stereocenters. The minimum Gasteiger partial charge on any atom is -0.497 e. The van der Waals surface area contributed by atoms with Crippen LogP contribution in [0.4, 0.5) is 0 Å². The van der Waals surface area contributed by atoms with Crippen molar-refractivity contribution in [2.75, 3.05) is 13.4 Å². The van der Waals surface area contributed by atoms with Crippen LogP contribution in [-0.4, -0.2) is 33.7 Å². The van der Waals surface area contributed by atoms with Gasteiger partial charge >= 0.3 is 0 Å². The molecule has 6 nitrogen and oxygen atoms in total. The maximum Gasteiger partial charge on any atom is 0.222 e. The molecule has 0 aromatic heterocycles. The third-order valence-electron chi connectivity index (χ3n) is 3.39. The molecule has 7 heteroatoms. The van der Waals surface area contributed by atoms with Gasteiger partial charge in [0.05, 0.1) is 19.4 Å². The highest BCUT2D eigenvalue weighted by molar-refractivity contribution is 7.88. The van der Waals surface area contributed by atoms with Crippen LogP contribution in [0.15, 0.2) is 24.3 Å². The van der Waals surface area contributed by atoms with Gasteiger partial charge in [-0.1, -0.05) is 25.5 Å². The van der Waals surface area contributed by atoms with E-state index >= 15 is 0 Å². The maximum atomic E-state index is 12.2. The van der Waals surface area contributed by atoms with Crippen LogP contribution in [0.2, 0.25) is 0 Å². The van der Waals surface area contributed by atoms with Crippen LogP contribution in [0.1, 0.15) is 44.7 Å². The summed E-state index contributed by atoms with van der Waals surface area (Å²) in [4.78, 5) is 12.2. The molecule has 1 rings (SSSR count). The van der Waals surface area contributed by atoms with Crippen LogP contribution >= 0.6 is 0 Å². The molecule has 1 amide bonds. The maximum absolute atomic E-state index is 12.2. The standard InChI is InChI=1S/C16H26N2O4S/c1-5-6-12(2)17-16(19)11-15(18-23(4,20)21)13-7-9-14(22-3)10-8-13/h7-10,12,15,18H,5-6,11H2,1-4H3,(H,17,19)/t12-,15+/m1/s1. The zero-order valence-corrected chi connectivity index (χ0v) is 14.9. The van der Waals surface area contributed by atoms with E-state index in [1.807, 2.05) is 13.8 Å². The molecule has 0 fully saturated rings. The van der Waals surface area contributed by atoms with Crippen molar-refractivity contribution in [3.8, 4) is 5.75 Å². The number of amides is 1. The number of carbonyl (C=O) groups is 1. The molecule has 0 radical (unpaired) electrons. The summed E-state index contributed by atoms with van der Waals surface area (Å²) in [5.74, 6) is 0.496. The molecule has 0 bridgehead atoms. The first kappa shape index (κ1) is 19.4. The zero-order valence-electron chi connectivity index (χ0n) is 14.1. The van der Waals surface area contributed by atoms with Crippen LogP contribution in [-0.2, 0) is 14.8 Å². The van der Waals surface area contributed by atoms with E-state index in [1.165, 1.54) is 0 Å². The highest BCUT2D eigenvalue weighted by Gasteiger charge is 2.20. The van der Waals surface area contributed by atoms with Gasteiger partial charge in [-0.15, -0.1) is 0 Å². The Morgan fingerprint density at radius 2 is 1.87 bits per heavy atom. The number of sulfonamides is 1. The van der Waals surface area contributed by atoms with E-state index < -0.39 is 16.1 Å². The van der Waals surface area contributed by atoms with Gasteiger partial charge in [0.15, 0.2) is 0 Å². The van der Waals surface area contributed by atoms with Crippen molar-refractivity contribution in [1.82, 2.24) is 10.0 Å². The topological polar surface area (TPSA) is 84.5 Å². The summed E-state index contributed by atoms with van der Waals surface area (Å²) in [5.41, 5.74) is 0.717. The molecule has 0 saturated carbocycles. The first-order valence-electron chi connectivity index (χ1n) is 7.65. The lowest BCUT2D eigenvalue weighted by Gasteiger charge is -2.20. The molecule has 23 heavy (non-hydrogen) atoms. The lowest BCUT2D eigenvalue weighted by atomic mass is 10.0. The Hall–Kier alpha value is -1.60. The van der Waals surface area contributed by atoms with E-state index in [2.05, 4.69) is 10.0 Å². The van der Waals surface area contributed by atoms with E-state index in [9.17, 15) is 13.2 Å². The molecule has 0 aliphatic rings. The molecule has 0 spiro atoms. The van der Waals surface area contributed by atoms with Gasteiger partial charge < -0.3 is 10.1 Å². The molecular formula is C16H26N2O4S. The number of rotatable bonds is 9. The molecule has 0 unspecified atom stereocenters. The number of methoxy groups -OCH3 is 1. The second-order valence-corrected chi connectivity index (χ2v) is 7.46. The third-order valence-corrected chi connectivity index (χ3v) is 4.11. The van der Waals surface area contributed by atoms with Crippen LogP contribution in [0, 0.1) is 0 Å². The van der Waals surface area contributed by atoms with Crippen LogP contribution < -0.4 is 14.8 Å². The number of carbonyl (C=O) groups excluding carboxylic acids is 1. The highest BCUT2D eigenvalue weighted by atomic mass is 32.2. The fourth-order valence-corrected chi connectivity index (χ4v) is 3.08. The predicted molar refractivity (Wildman–Crippen MR) is 90.8 cm³/mol. The zero-order chi connectivity index (χ0) is 17.5. The van der Waals surface area contributed by atoms with Gasteiger partial charge in [-0.25, -0.2) is 13.1 Å². The summed E-state index contributed by atoms with van der Waals surface area (Å²) in [6.07, 6.45) is 3.00. The number of nitrogens with one attached hydrogen (secondary N) is 2. The van der Waals surface area contributed by atoms with Gasteiger partial charge in [-0.3, -0.25) is 4.79 Å². The highest BCUT2D eigenvalue weighted by Crippen LogP contribution is 2.21. The van der Waals surface area contributed by atoms with Crippen LogP contribution in [0.25, 0.3) is 0 Å². The van der Waals surface area contributed by atoms with E-state index in [0.29, 0.717) is 5.75 Å². The van der Waals surface area contributed by atoms with Crippen molar-refractivity contribution in [3.63, 3.8) is 0 Å². The minimum atomic E-state index is -3.43. The van der Waals surface area contributed by atoms with E-state index in [4.69, 9.17) is 4.74 Å². The quantitative estimate of drug-likeness (QED) is 0.719. The first-order chi connectivity index (χ1) is 10.7. The molecule has 0 aliphatic heterocycles. The second-order valence-electron chi connectivity index (χ2n) is 5.68. The Bertz CT molecular complexity index is 599. The van der Waals surface area contributed by atoms with Crippen molar-refractivity contribution in [3.05, 3.63) is 29.8 Å². The van der Waals surface area contributed by atoms with Crippen molar-refractivity contribution < 1.29 is 17.9 Å². The van der Waals surface area contributed by atoms with Gasteiger partial charge in [0, 0.05) is 12.5 Å². The summed E-state index contributed by atoms with van der Waals surface area (Å²) in [5, 5.41) is 2.89.